The highest BCUT2D eigenvalue weighted by atomic mass is 32.2. The summed E-state index contributed by atoms with van der Waals surface area (Å²) in [5.74, 6) is 1.24. The van der Waals surface area contributed by atoms with Gasteiger partial charge in [0.25, 0.3) is 0 Å². The lowest BCUT2D eigenvalue weighted by Gasteiger charge is -2.17. The Bertz CT molecular complexity index is 323. The molecule has 0 aromatic heterocycles. The Hall–Kier alpha value is -0.470. The van der Waals surface area contributed by atoms with Crippen molar-refractivity contribution in [2.24, 2.45) is 0 Å². The van der Waals surface area contributed by atoms with Crippen LogP contribution in [-0.2, 0) is 0 Å². The fourth-order valence-corrected chi connectivity index (χ4v) is 2.39. The van der Waals surface area contributed by atoms with E-state index in [2.05, 4.69) is 50.5 Å². The van der Waals surface area contributed by atoms with E-state index >= 15 is 0 Å². The summed E-state index contributed by atoms with van der Waals surface area (Å²) in [6.45, 7) is 7.70. The molecule has 1 N–H and O–H groups in total. The zero-order chi connectivity index (χ0) is 12.0. The van der Waals surface area contributed by atoms with Crippen molar-refractivity contribution in [1.82, 2.24) is 5.32 Å². The normalized spacial score (nSPS) is 12.8. The van der Waals surface area contributed by atoms with Crippen LogP contribution in [0.25, 0.3) is 0 Å². The molecule has 1 atom stereocenters. The van der Waals surface area contributed by atoms with Crippen LogP contribution >= 0.6 is 11.8 Å². The summed E-state index contributed by atoms with van der Waals surface area (Å²) < 4.78 is 0. The van der Waals surface area contributed by atoms with Gasteiger partial charge < -0.3 is 5.32 Å². The molecule has 0 heterocycles. The first-order valence-corrected chi connectivity index (χ1v) is 7.34. The highest BCUT2D eigenvalue weighted by Gasteiger charge is 2.06. The molecule has 0 saturated carbocycles. The topological polar surface area (TPSA) is 12.0 Å². The Morgan fingerprint density at radius 1 is 1.31 bits per heavy atom. The van der Waals surface area contributed by atoms with Gasteiger partial charge in [-0.3, -0.25) is 0 Å². The van der Waals surface area contributed by atoms with Crippen LogP contribution in [0.3, 0.4) is 0 Å². The standard InChI is InChI=1S/C14H23NS/c1-11-6-7-14(12(2)10-11)13(3)15-8-5-9-16-4/h6-7,10,13,15H,5,8-9H2,1-4H3. The van der Waals surface area contributed by atoms with Crippen molar-refractivity contribution in [3.8, 4) is 0 Å². The first-order valence-electron chi connectivity index (χ1n) is 5.94. The SMILES string of the molecule is CSCCCNC(C)c1ccc(C)cc1C. The van der Waals surface area contributed by atoms with Gasteiger partial charge in [-0.25, -0.2) is 0 Å². The third-order valence-electron chi connectivity index (χ3n) is 2.87. The lowest BCUT2D eigenvalue weighted by molar-refractivity contribution is 0.570. The summed E-state index contributed by atoms with van der Waals surface area (Å²) in [7, 11) is 0. The molecule has 2 heteroatoms. The Balaban J connectivity index is 2.49. The van der Waals surface area contributed by atoms with Crippen molar-refractivity contribution < 1.29 is 0 Å². The number of aryl methyl sites for hydroxylation is 2. The van der Waals surface area contributed by atoms with Crippen LogP contribution in [-0.4, -0.2) is 18.6 Å². The van der Waals surface area contributed by atoms with E-state index in [0.717, 1.165) is 6.54 Å². The van der Waals surface area contributed by atoms with Gasteiger partial charge in [0.1, 0.15) is 0 Å². The molecule has 1 unspecified atom stereocenters. The average Bonchev–Trinajstić information content (AvgIpc) is 2.24. The number of hydrogen-bond donors (Lipinski definition) is 1. The van der Waals surface area contributed by atoms with Crippen LogP contribution in [0.4, 0.5) is 0 Å². The van der Waals surface area contributed by atoms with Gasteiger partial charge in [0.15, 0.2) is 0 Å². The molecule has 0 spiro atoms. The maximum atomic E-state index is 3.58. The minimum Gasteiger partial charge on any atom is -0.310 e. The maximum Gasteiger partial charge on any atom is 0.0294 e. The van der Waals surface area contributed by atoms with Crippen molar-refractivity contribution in [1.29, 1.82) is 0 Å². The molecule has 0 aliphatic rings. The zero-order valence-electron chi connectivity index (χ0n) is 10.8. The molecule has 0 radical (unpaired) electrons. The average molecular weight is 237 g/mol. The zero-order valence-corrected chi connectivity index (χ0v) is 11.7. The summed E-state index contributed by atoms with van der Waals surface area (Å²) in [6, 6.07) is 7.16. The predicted molar refractivity (Wildman–Crippen MR) is 75.3 cm³/mol. The number of hydrogen-bond acceptors (Lipinski definition) is 2. The summed E-state index contributed by atoms with van der Waals surface area (Å²) in [6.07, 6.45) is 3.41. The quantitative estimate of drug-likeness (QED) is 0.757. The van der Waals surface area contributed by atoms with Crippen LogP contribution in [0.2, 0.25) is 0 Å². The Labute approximate surface area is 104 Å². The molecule has 0 aliphatic carbocycles. The highest BCUT2D eigenvalue weighted by molar-refractivity contribution is 7.98. The summed E-state index contributed by atoms with van der Waals surface area (Å²) >= 11 is 1.91. The molecular formula is C14H23NS. The van der Waals surface area contributed by atoms with Gasteiger partial charge in [-0.1, -0.05) is 23.8 Å². The third-order valence-corrected chi connectivity index (χ3v) is 3.56. The molecule has 0 amide bonds. The van der Waals surface area contributed by atoms with E-state index < -0.39 is 0 Å². The van der Waals surface area contributed by atoms with Crippen molar-refractivity contribution in [2.75, 3.05) is 18.6 Å². The second kappa shape index (κ2) is 6.97. The van der Waals surface area contributed by atoms with Gasteiger partial charge in [0.05, 0.1) is 0 Å². The first kappa shape index (κ1) is 13.6. The molecule has 16 heavy (non-hydrogen) atoms. The van der Waals surface area contributed by atoms with E-state index in [-0.39, 0.29) is 0 Å². The minimum absolute atomic E-state index is 0.461. The third kappa shape index (κ3) is 4.18. The molecule has 0 fully saturated rings. The largest absolute Gasteiger partial charge is 0.310 e. The van der Waals surface area contributed by atoms with Gasteiger partial charge in [0, 0.05) is 6.04 Å². The Morgan fingerprint density at radius 3 is 2.69 bits per heavy atom. The summed E-state index contributed by atoms with van der Waals surface area (Å²) in [5, 5.41) is 3.58. The molecule has 90 valence electrons. The monoisotopic (exact) mass is 237 g/mol. The van der Waals surface area contributed by atoms with E-state index in [0.29, 0.717) is 6.04 Å². The van der Waals surface area contributed by atoms with Gasteiger partial charge in [-0.05, 0) is 56.9 Å². The Morgan fingerprint density at radius 2 is 2.06 bits per heavy atom. The number of benzene rings is 1. The lowest BCUT2D eigenvalue weighted by atomic mass is 10.0. The molecule has 0 bridgehead atoms. The van der Waals surface area contributed by atoms with Gasteiger partial charge in [-0.15, -0.1) is 0 Å². The molecule has 0 aliphatic heterocycles. The van der Waals surface area contributed by atoms with Crippen LogP contribution in [0, 0.1) is 13.8 Å². The lowest BCUT2D eigenvalue weighted by Crippen LogP contribution is -2.21. The first-order chi connectivity index (χ1) is 7.65. The van der Waals surface area contributed by atoms with Gasteiger partial charge in [0.2, 0.25) is 0 Å². The molecule has 0 saturated heterocycles. The van der Waals surface area contributed by atoms with Gasteiger partial charge in [-0.2, -0.15) is 11.8 Å². The number of rotatable bonds is 6. The molecular weight excluding hydrogens is 214 g/mol. The van der Waals surface area contributed by atoms with Crippen molar-refractivity contribution >= 4 is 11.8 Å². The second-order valence-electron chi connectivity index (χ2n) is 4.38. The fourth-order valence-electron chi connectivity index (χ4n) is 1.96. The maximum absolute atomic E-state index is 3.58. The van der Waals surface area contributed by atoms with Crippen LogP contribution in [0.15, 0.2) is 18.2 Å². The van der Waals surface area contributed by atoms with Crippen LogP contribution in [0.1, 0.15) is 36.1 Å². The fraction of sp³-hybridized carbons (Fsp3) is 0.571. The highest BCUT2D eigenvalue weighted by Crippen LogP contribution is 2.18. The van der Waals surface area contributed by atoms with E-state index in [1.54, 1.807) is 0 Å². The van der Waals surface area contributed by atoms with Crippen molar-refractivity contribution in [3.05, 3.63) is 34.9 Å². The molecule has 1 nitrogen and oxygen atoms in total. The van der Waals surface area contributed by atoms with E-state index in [4.69, 9.17) is 0 Å². The molecule has 1 rings (SSSR count). The number of thioether (sulfide) groups is 1. The van der Waals surface area contributed by atoms with E-state index in [1.807, 2.05) is 11.8 Å². The summed E-state index contributed by atoms with van der Waals surface area (Å²) in [4.78, 5) is 0. The van der Waals surface area contributed by atoms with Crippen LogP contribution in [0.5, 0.6) is 0 Å². The van der Waals surface area contributed by atoms with E-state index in [9.17, 15) is 0 Å². The van der Waals surface area contributed by atoms with E-state index in [1.165, 1.54) is 28.9 Å². The smallest absolute Gasteiger partial charge is 0.0294 e. The number of nitrogens with one attached hydrogen (secondary N) is 1. The summed E-state index contributed by atoms with van der Waals surface area (Å²) in [5.41, 5.74) is 4.16. The second-order valence-corrected chi connectivity index (χ2v) is 5.37. The Kier molecular flexibility index (Phi) is 5.93. The van der Waals surface area contributed by atoms with Gasteiger partial charge >= 0.3 is 0 Å². The van der Waals surface area contributed by atoms with Crippen LogP contribution < -0.4 is 5.32 Å². The molecule has 1 aromatic rings. The van der Waals surface area contributed by atoms with Crippen molar-refractivity contribution in [3.63, 3.8) is 0 Å². The van der Waals surface area contributed by atoms with Crippen molar-refractivity contribution in [2.45, 2.75) is 33.2 Å². The molecule has 1 aromatic carbocycles. The predicted octanol–water partition coefficient (Wildman–Crippen LogP) is 3.71. The minimum atomic E-state index is 0.461.